The van der Waals surface area contributed by atoms with Crippen molar-refractivity contribution >= 4 is 45.0 Å². The van der Waals surface area contributed by atoms with Crippen LogP contribution in [0.2, 0.25) is 0 Å². The fourth-order valence-electron chi connectivity index (χ4n) is 3.95. The summed E-state index contributed by atoms with van der Waals surface area (Å²) >= 11 is 4.20. The Kier molecular flexibility index (Phi) is 25.0. The minimum absolute atomic E-state index is 0. The zero-order valence-corrected chi connectivity index (χ0v) is 29.8. The van der Waals surface area contributed by atoms with Crippen molar-refractivity contribution in [2.75, 3.05) is 5.32 Å². The van der Waals surface area contributed by atoms with Gasteiger partial charge in [0.2, 0.25) is 26.7 Å². The van der Waals surface area contributed by atoms with Gasteiger partial charge in [-0.15, -0.1) is 12.6 Å². The third-order valence-corrected chi connectivity index (χ3v) is 7.05. The predicted molar refractivity (Wildman–Crippen MR) is 142 cm³/mol. The van der Waals surface area contributed by atoms with E-state index in [1.807, 2.05) is 0 Å². The molecule has 2 unspecified atom stereocenters. The molecule has 0 radical (unpaired) electrons. The number of carbonyl (C=O) groups is 1. The molecule has 214 valence electrons. The summed E-state index contributed by atoms with van der Waals surface area (Å²) in [6, 6.07) is 7.09. The molecule has 1 aromatic rings. The van der Waals surface area contributed by atoms with Gasteiger partial charge in [-0.05, 0) is 43.5 Å². The number of benzene rings is 1. The van der Waals surface area contributed by atoms with Gasteiger partial charge in [0.1, 0.15) is 12.2 Å². The van der Waals surface area contributed by atoms with E-state index in [0.717, 1.165) is 49.8 Å². The first-order valence-corrected chi connectivity index (χ1v) is 15.9. The maximum Gasteiger partial charge on any atom is 1.00 e. The van der Waals surface area contributed by atoms with Gasteiger partial charge >= 0.3 is 59.1 Å². The van der Waals surface area contributed by atoms with Crippen LogP contribution in [0.3, 0.4) is 0 Å². The minimum atomic E-state index is -5.13. The van der Waals surface area contributed by atoms with Gasteiger partial charge in [0, 0.05) is 17.0 Å². The first-order chi connectivity index (χ1) is 17.4. The molecule has 39 heavy (non-hydrogen) atoms. The molecule has 10 nitrogen and oxygen atoms in total. The second-order valence-electron chi connectivity index (χ2n) is 9.04. The van der Waals surface area contributed by atoms with Gasteiger partial charge in [0.05, 0.1) is 0 Å². The van der Waals surface area contributed by atoms with E-state index in [1.54, 1.807) is 24.3 Å². The van der Waals surface area contributed by atoms with Crippen LogP contribution in [0.5, 0.6) is 0 Å². The zero-order valence-electron chi connectivity index (χ0n) is 23.3. The Balaban J connectivity index is 0. The molecule has 15 heteroatoms. The summed E-state index contributed by atoms with van der Waals surface area (Å²) < 4.78 is 76.6. The molecule has 0 aliphatic carbocycles. The third kappa shape index (κ3) is 24.0. The monoisotopic (exact) mass is 627 g/mol. The van der Waals surface area contributed by atoms with Crippen molar-refractivity contribution in [1.29, 1.82) is 0 Å². The average Bonchev–Trinajstić information content (AvgIpc) is 2.79. The van der Waals surface area contributed by atoms with E-state index in [9.17, 15) is 30.7 Å². The Bertz CT molecular complexity index is 995. The third-order valence-electron chi connectivity index (χ3n) is 5.78. The summed E-state index contributed by atoms with van der Waals surface area (Å²) in [5.41, 5.74) is 0.694. The van der Waals surface area contributed by atoms with E-state index < -0.39 is 33.0 Å². The van der Waals surface area contributed by atoms with Crippen LogP contribution in [0.4, 0.5) is 5.69 Å². The van der Waals surface area contributed by atoms with Crippen LogP contribution in [0.25, 0.3) is 0 Å². The SMILES string of the molecule is CCCCCCCCC(OS(=O)(=O)[O-])C(CCCCCCCC(=O)Nc1ccc(S)cc1)OS(=O)(=O)[O-].[Na+].[Na+]. The second-order valence-corrected chi connectivity index (χ2v) is 11.6. The van der Waals surface area contributed by atoms with E-state index in [1.165, 1.54) is 0 Å². The van der Waals surface area contributed by atoms with Gasteiger partial charge in [-0.1, -0.05) is 71.1 Å². The summed E-state index contributed by atoms with van der Waals surface area (Å²) in [5, 5.41) is 2.81. The summed E-state index contributed by atoms with van der Waals surface area (Å²) in [5.74, 6) is -0.102. The number of nitrogens with one attached hydrogen (secondary N) is 1. The van der Waals surface area contributed by atoms with Gasteiger partial charge in [-0.3, -0.25) is 13.2 Å². The van der Waals surface area contributed by atoms with E-state index >= 15 is 0 Å². The number of carbonyl (C=O) groups excluding carboxylic acids is 1. The van der Waals surface area contributed by atoms with Crippen LogP contribution in [0.15, 0.2) is 29.2 Å². The molecule has 0 saturated carbocycles. The Labute approximate surface area is 284 Å². The first kappa shape index (κ1) is 41.9. The quantitative estimate of drug-likeness (QED) is 0.0578. The van der Waals surface area contributed by atoms with Crippen LogP contribution in [0.1, 0.15) is 96.8 Å². The molecule has 0 spiro atoms. The van der Waals surface area contributed by atoms with Crippen LogP contribution < -0.4 is 64.4 Å². The Morgan fingerprint density at radius 1 is 0.769 bits per heavy atom. The smallest absolute Gasteiger partial charge is 0.726 e. The summed E-state index contributed by atoms with van der Waals surface area (Å²) in [6.45, 7) is 2.08. The minimum Gasteiger partial charge on any atom is -0.726 e. The molecule has 0 saturated heterocycles. The summed E-state index contributed by atoms with van der Waals surface area (Å²) in [6.07, 6.45) is 6.29. The topological polar surface area (TPSA) is 162 Å². The number of anilines is 1. The number of unbranched alkanes of at least 4 members (excludes halogenated alkanes) is 9. The molecular weight excluding hydrogens is 588 g/mol. The van der Waals surface area contributed by atoms with Gasteiger partial charge in [-0.25, -0.2) is 16.8 Å². The summed E-state index contributed by atoms with van der Waals surface area (Å²) in [7, 11) is -10.3. The molecule has 1 rings (SSSR count). The van der Waals surface area contributed by atoms with Crippen molar-refractivity contribution in [3.05, 3.63) is 24.3 Å². The molecule has 1 aromatic carbocycles. The standard InChI is InChI=1S/C24H41NO9S3.2Na/c1-2-3-4-5-7-10-13-22(33-36(27,28)29)23(34-37(30,31)32)14-11-8-6-9-12-15-24(26)25-20-16-18-21(35)19-17-20;;/h16-19,22-23,35H,2-15H2,1H3,(H,25,26)(H,27,28,29)(H,30,31,32);;/q;2*+1/p-2. The van der Waals surface area contributed by atoms with Crippen LogP contribution in [0, 0.1) is 0 Å². The molecule has 0 fully saturated rings. The van der Waals surface area contributed by atoms with E-state index in [-0.39, 0.29) is 77.9 Å². The first-order valence-electron chi connectivity index (χ1n) is 12.8. The zero-order chi connectivity index (χ0) is 27.7. The fourth-order valence-corrected chi connectivity index (χ4v) is 5.15. The molecule has 0 aliphatic heterocycles. The second kappa shape index (κ2) is 23.3. The van der Waals surface area contributed by atoms with Crippen molar-refractivity contribution < 1.29 is 98.2 Å². The van der Waals surface area contributed by atoms with Gasteiger partial charge < -0.3 is 14.4 Å². The molecular formula is C24H39NNa2O9S3. The molecule has 0 heterocycles. The number of hydrogen-bond donors (Lipinski definition) is 2. The van der Waals surface area contributed by atoms with Crippen LogP contribution >= 0.6 is 12.6 Å². The van der Waals surface area contributed by atoms with Crippen molar-refractivity contribution in [3.8, 4) is 0 Å². The van der Waals surface area contributed by atoms with Crippen molar-refractivity contribution in [2.24, 2.45) is 0 Å². The normalized spacial score (nSPS) is 13.1. The average molecular weight is 628 g/mol. The fraction of sp³-hybridized carbons (Fsp3) is 0.708. The van der Waals surface area contributed by atoms with Crippen LogP contribution in [-0.2, 0) is 34.0 Å². The Hall–Kier alpha value is 0.780. The van der Waals surface area contributed by atoms with E-state index in [2.05, 4.69) is 33.2 Å². The molecule has 0 aliphatic rings. The summed E-state index contributed by atoms with van der Waals surface area (Å²) in [4.78, 5) is 12.8. The largest absolute Gasteiger partial charge is 1.00 e. The number of amides is 1. The van der Waals surface area contributed by atoms with Crippen molar-refractivity contribution in [2.45, 2.75) is 114 Å². The van der Waals surface area contributed by atoms with Crippen LogP contribution in [-0.4, -0.2) is 44.1 Å². The van der Waals surface area contributed by atoms with Gasteiger partial charge in [0.15, 0.2) is 0 Å². The van der Waals surface area contributed by atoms with Crippen molar-refractivity contribution in [3.63, 3.8) is 0 Å². The molecule has 1 amide bonds. The molecule has 1 N–H and O–H groups in total. The number of thiol groups is 1. The predicted octanol–water partition coefficient (Wildman–Crippen LogP) is -0.906. The van der Waals surface area contributed by atoms with E-state index in [4.69, 9.17) is 0 Å². The Morgan fingerprint density at radius 2 is 1.18 bits per heavy atom. The molecule has 0 bridgehead atoms. The Morgan fingerprint density at radius 3 is 1.62 bits per heavy atom. The molecule has 2 atom stereocenters. The number of hydrogen-bond acceptors (Lipinski definition) is 10. The van der Waals surface area contributed by atoms with Gasteiger partial charge in [0.25, 0.3) is 0 Å². The molecule has 0 aromatic heterocycles. The van der Waals surface area contributed by atoms with Crippen molar-refractivity contribution in [1.82, 2.24) is 0 Å². The van der Waals surface area contributed by atoms with Gasteiger partial charge in [-0.2, -0.15) is 0 Å². The maximum atomic E-state index is 12.0. The number of rotatable bonds is 21. The van der Waals surface area contributed by atoms with E-state index in [0.29, 0.717) is 37.8 Å². The maximum absolute atomic E-state index is 12.0.